The molecule has 0 aliphatic carbocycles. The van der Waals surface area contributed by atoms with Crippen molar-refractivity contribution in [3.05, 3.63) is 34.4 Å². The van der Waals surface area contributed by atoms with E-state index in [-0.39, 0.29) is 0 Å². The third kappa shape index (κ3) is 3.53. The Labute approximate surface area is 139 Å². The molecule has 0 saturated heterocycles. The number of carboxylic acid groups (broad SMARTS) is 1. The molecule has 1 aromatic rings. The molecule has 0 radical (unpaired) electrons. The van der Waals surface area contributed by atoms with Crippen molar-refractivity contribution in [1.29, 1.82) is 0 Å². The van der Waals surface area contributed by atoms with Gasteiger partial charge in [-0.05, 0) is 19.9 Å². The van der Waals surface area contributed by atoms with Crippen molar-refractivity contribution in [2.45, 2.75) is 24.4 Å². The van der Waals surface area contributed by atoms with Crippen LogP contribution >= 0.6 is 0 Å². The van der Waals surface area contributed by atoms with E-state index < -0.39 is 43.1 Å². The monoisotopic (exact) mass is 360 g/mol. The predicted octanol–water partition coefficient (Wildman–Crippen LogP) is 0.458. The number of carboxylic acids is 1. The highest BCUT2D eigenvalue weighted by Gasteiger charge is 2.47. The van der Waals surface area contributed by atoms with E-state index in [1.165, 1.54) is 40.1 Å². The van der Waals surface area contributed by atoms with E-state index in [9.17, 15) is 28.4 Å². The van der Waals surface area contributed by atoms with Crippen LogP contribution in [0.3, 0.4) is 0 Å². The molecule has 0 spiro atoms. The molecule has 0 saturated carbocycles. The molecule has 0 bridgehead atoms. The second kappa shape index (κ2) is 6.81. The molecule has 0 heterocycles. The van der Waals surface area contributed by atoms with Crippen molar-refractivity contribution >= 4 is 21.7 Å². The molecule has 1 aromatic carbocycles. The highest BCUT2D eigenvalue weighted by molar-refractivity contribution is 7.89. The Hall–Kier alpha value is -2.08. The van der Waals surface area contributed by atoms with E-state index in [1.54, 1.807) is 0 Å². The van der Waals surface area contributed by atoms with E-state index in [1.807, 2.05) is 0 Å². The fraction of sp³-hybridized carbons (Fsp3) is 0.462. The third-order valence-corrected chi connectivity index (χ3v) is 5.67. The van der Waals surface area contributed by atoms with Gasteiger partial charge in [0.15, 0.2) is 4.90 Å². The van der Waals surface area contributed by atoms with Crippen LogP contribution in [0.5, 0.6) is 0 Å². The lowest BCUT2D eigenvalue weighted by Gasteiger charge is -2.42. The van der Waals surface area contributed by atoms with Crippen LogP contribution in [0, 0.1) is 16.0 Å². The van der Waals surface area contributed by atoms with E-state index in [4.69, 9.17) is 5.73 Å². The largest absolute Gasteiger partial charge is 0.481 e. The Bertz CT molecular complexity index is 747. The quantitative estimate of drug-likeness (QED) is 0.405. The van der Waals surface area contributed by atoms with Crippen molar-refractivity contribution in [3.63, 3.8) is 0 Å². The van der Waals surface area contributed by atoms with Crippen molar-refractivity contribution in [2.75, 3.05) is 14.1 Å². The van der Waals surface area contributed by atoms with Crippen LogP contribution in [-0.2, 0) is 14.8 Å². The number of sulfonamides is 1. The fourth-order valence-electron chi connectivity index (χ4n) is 2.24. The summed E-state index contributed by atoms with van der Waals surface area (Å²) in [4.78, 5) is 21.0. The number of nitrogens with zero attached hydrogens (tertiary/aromatic N) is 3. The van der Waals surface area contributed by atoms with Gasteiger partial charge in [-0.1, -0.05) is 12.1 Å². The SMILES string of the molecule is CC(C(=O)O)C(C)(N)N(N(C)C)S(=O)(=O)c1ccccc1[N+](=O)[O-]. The summed E-state index contributed by atoms with van der Waals surface area (Å²) in [6, 6.07) is 4.79. The minimum atomic E-state index is -4.48. The third-order valence-electron chi connectivity index (χ3n) is 3.59. The van der Waals surface area contributed by atoms with Gasteiger partial charge in [0, 0.05) is 20.2 Å². The first-order chi connectivity index (χ1) is 10.8. The Morgan fingerprint density at radius 3 is 2.29 bits per heavy atom. The number of benzene rings is 1. The Kier molecular flexibility index (Phi) is 5.66. The van der Waals surface area contributed by atoms with Gasteiger partial charge in [0.25, 0.3) is 15.7 Å². The first-order valence-corrected chi connectivity index (χ1v) is 8.27. The molecule has 134 valence electrons. The molecule has 0 aromatic heterocycles. The van der Waals surface area contributed by atoms with Gasteiger partial charge >= 0.3 is 5.97 Å². The second-order valence-electron chi connectivity index (χ2n) is 5.61. The van der Waals surface area contributed by atoms with E-state index >= 15 is 0 Å². The second-order valence-corrected chi connectivity index (χ2v) is 7.34. The summed E-state index contributed by atoms with van der Waals surface area (Å²) >= 11 is 0. The summed E-state index contributed by atoms with van der Waals surface area (Å²) < 4.78 is 26.6. The van der Waals surface area contributed by atoms with Gasteiger partial charge in [-0.25, -0.2) is 13.4 Å². The number of nitro benzene ring substituents is 1. The van der Waals surface area contributed by atoms with Crippen LogP contribution in [-0.4, -0.2) is 53.6 Å². The molecule has 3 N–H and O–H groups in total. The minimum absolute atomic E-state index is 0.571. The molecule has 10 nitrogen and oxygen atoms in total. The maximum Gasteiger partial charge on any atom is 0.309 e. The van der Waals surface area contributed by atoms with Gasteiger partial charge in [-0.15, -0.1) is 4.41 Å². The summed E-state index contributed by atoms with van der Waals surface area (Å²) in [7, 11) is -1.78. The average molecular weight is 360 g/mol. The lowest BCUT2D eigenvalue weighted by atomic mass is 9.98. The van der Waals surface area contributed by atoms with Gasteiger partial charge in [-0.3, -0.25) is 14.9 Å². The van der Waals surface area contributed by atoms with E-state index in [2.05, 4.69) is 0 Å². The lowest BCUT2D eigenvalue weighted by Crippen LogP contribution is -2.65. The molecule has 1 rings (SSSR count). The zero-order valence-corrected chi connectivity index (χ0v) is 14.5. The van der Waals surface area contributed by atoms with E-state index in [0.717, 1.165) is 17.1 Å². The lowest BCUT2D eigenvalue weighted by molar-refractivity contribution is -0.387. The number of para-hydroxylation sites is 1. The smallest absolute Gasteiger partial charge is 0.309 e. The van der Waals surface area contributed by atoms with Crippen molar-refractivity contribution in [3.8, 4) is 0 Å². The summed E-state index contributed by atoms with van der Waals surface area (Å²) in [5, 5.41) is 21.4. The van der Waals surface area contributed by atoms with Crippen LogP contribution in [0.15, 0.2) is 29.2 Å². The summed E-state index contributed by atoms with van der Waals surface area (Å²) in [5.41, 5.74) is 3.53. The van der Waals surface area contributed by atoms with Crippen LogP contribution in [0.2, 0.25) is 0 Å². The van der Waals surface area contributed by atoms with Crippen molar-refractivity contribution < 1.29 is 23.2 Å². The van der Waals surface area contributed by atoms with Gasteiger partial charge in [0.05, 0.1) is 10.8 Å². The Morgan fingerprint density at radius 1 is 1.38 bits per heavy atom. The summed E-state index contributed by atoms with van der Waals surface area (Å²) in [5.74, 6) is -2.58. The maximum atomic E-state index is 13.0. The molecule has 0 aliphatic heterocycles. The maximum absolute atomic E-state index is 13.0. The number of hydrogen-bond acceptors (Lipinski definition) is 7. The highest BCUT2D eigenvalue weighted by Crippen LogP contribution is 2.32. The zero-order valence-electron chi connectivity index (χ0n) is 13.7. The molecule has 0 aliphatic rings. The number of hydrogen-bond donors (Lipinski definition) is 2. The number of carbonyl (C=O) groups is 1. The molecule has 2 unspecified atom stereocenters. The first kappa shape index (κ1) is 20.0. The number of rotatable bonds is 7. The topological polar surface area (TPSA) is 147 Å². The zero-order chi connectivity index (χ0) is 18.9. The summed E-state index contributed by atoms with van der Waals surface area (Å²) in [6.07, 6.45) is 0. The number of aliphatic carboxylic acids is 1. The fourth-order valence-corrected chi connectivity index (χ4v) is 4.19. The molecular formula is C13H20N4O6S. The molecule has 0 fully saturated rings. The van der Waals surface area contributed by atoms with Gasteiger partial charge in [-0.2, -0.15) is 0 Å². The number of nitrogens with two attached hydrogens (primary N) is 1. The normalized spacial score (nSPS) is 16.0. The Balaban J connectivity index is 3.62. The van der Waals surface area contributed by atoms with Gasteiger partial charge in [0.1, 0.15) is 5.66 Å². The minimum Gasteiger partial charge on any atom is -0.481 e. The first-order valence-electron chi connectivity index (χ1n) is 6.83. The molecular weight excluding hydrogens is 340 g/mol. The molecule has 11 heteroatoms. The van der Waals surface area contributed by atoms with Crippen molar-refractivity contribution in [1.82, 2.24) is 9.42 Å². The van der Waals surface area contributed by atoms with Crippen LogP contribution in [0.25, 0.3) is 0 Å². The predicted molar refractivity (Wildman–Crippen MR) is 85.2 cm³/mol. The highest BCUT2D eigenvalue weighted by atomic mass is 32.2. The van der Waals surface area contributed by atoms with E-state index in [0.29, 0.717) is 4.41 Å². The van der Waals surface area contributed by atoms with Gasteiger partial charge < -0.3 is 10.8 Å². The molecule has 2 atom stereocenters. The standard InChI is InChI=1S/C13H20N4O6S/c1-9(12(18)19)13(2,14)17(15(3)4)24(22,23)11-8-6-5-7-10(11)16(20)21/h5-9H,14H2,1-4H3,(H,18,19). The number of nitro groups is 1. The van der Waals surface area contributed by atoms with Crippen molar-refractivity contribution in [2.24, 2.45) is 11.7 Å². The number of hydrazine groups is 1. The average Bonchev–Trinajstić information content (AvgIpc) is 2.45. The van der Waals surface area contributed by atoms with Crippen LogP contribution < -0.4 is 5.73 Å². The van der Waals surface area contributed by atoms with Crippen LogP contribution in [0.1, 0.15) is 13.8 Å². The van der Waals surface area contributed by atoms with Crippen LogP contribution in [0.4, 0.5) is 5.69 Å². The molecule has 24 heavy (non-hydrogen) atoms. The Morgan fingerprint density at radius 2 is 1.88 bits per heavy atom. The summed E-state index contributed by atoms with van der Waals surface area (Å²) in [6.45, 7) is 2.49. The molecule has 0 amide bonds. The van der Waals surface area contributed by atoms with Gasteiger partial charge in [0.2, 0.25) is 0 Å².